The molecule has 0 aromatic heterocycles. The molecule has 11 nitrogen and oxygen atoms in total. The van der Waals surface area contributed by atoms with Gasteiger partial charge in [0.25, 0.3) is 17.5 Å². The highest BCUT2D eigenvalue weighted by atomic mass is 33.1. The van der Waals surface area contributed by atoms with Crippen molar-refractivity contribution in [1.29, 1.82) is 0 Å². The summed E-state index contributed by atoms with van der Waals surface area (Å²) >= 11 is 0. The van der Waals surface area contributed by atoms with Crippen molar-refractivity contribution in [2.75, 3.05) is 11.5 Å². The number of hydrogen-bond acceptors (Lipinski definition) is 10. The molecule has 2 N–H and O–H groups in total. The molecule has 3 amide bonds. The van der Waals surface area contributed by atoms with Crippen molar-refractivity contribution < 1.29 is 34.0 Å². The summed E-state index contributed by atoms with van der Waals surface area (Å²) in [5.41, 5.74) is 0.557. The number of nitrogens with one attached hydrogen (secondary N) is 1. The van der Waals surface area contributed by atoms with E-state index in [-0.39, 0.29) is 49.4 Å². The normalized spacial score (nSPS) is 13.4. The predicted molar refractivity (Wildman–Crippen MR) is 112 cm³/mol. The molecule has 0 saturated carbocycles. The molecule has 1 saturated heterocycles. The summed E-state index contributed by atoms with van der Waals surface area (Å²) in [6.07, 6.45) is 0.326. The maximum atomic E-state index is 11.9. The molecular weight excluding hydrogens is 450 g/mol. The van der Waals surface area contributed by atoms with E-state index < -0.39 is 29.3 Å². The van der Waals surface area contributed by atoms with E-state index in [4.69, 9.17) is 9.94 Å². The van der Waals surface area contributed by atoms with Crippen molar-refractivity contribution in [2.45, 2.75) is 38.8 Å². The number of carbonyl (C=O) groups excluding carboxylic acids is 4. The minimum atomic E-state index is -0.671. The third kappa shape index (κ3) is 7.84. The van der Waals surface area contributed by atoms with E-state index in [1.54, 1.807) is 6.07 Å². The Kier molecular flexibility index (Phi) is 9.75. The minimum Gasteiger partial charge on any atom is -0.391 e. The van der Waals surface area contributed by atoms with Gasteiger partial charge in [-0.3, -0.25) is 24.5 Å². The van der Waals surface area contributed by atoms with Crippen LogP contribution in [0.3, 0.4) is 0 Å². The molecular formula is C18H21N3O8S2. The minimum absolute atomic E-state index is 0.0174. The van der Waals surface area contributed by atoms with Crippen LogP contribution in [0.15, 0.2) is 18.2 Å². The van der Waals surface area contributed by atoms with Crippen LogP contribution in [0.25, 0.3) is 0 Å². The quantitative estimate of drug-likeness (QED) is 0.150. The zero-order valence-corrected chi connectivity index (χ0v) is 18.0. The molecule has 13 heteroatoms. The Morgan fingerprint density at radius 3 is 2.42 bits per heavy atom. The highest BCUT2D eigenvalue weighted by Gasteiger charge is 2.32. The maximum Gasteiger partial charge on any atom is 0.334 e. The van der Waals surface area contributed by atoms with Crippen molar-refractivity contribution in [3.8, 4) is 0 Å². The van der Waals surface area contributed by atoms with Gasteiger partial charge in [0, 0.05) is 43.4 Å². The number of imide groups is 1. The predicted octanol–water partition coefficient (Wildman–Crippen LogP) is 1.47. The summed E-state index contributed by atoms with van der Waals surface area (Å²) in [6.45, 7) is -0.312. The summed E-state index contributed by atoms with van der Waals surface area (Å²) in [5.74, 6) is -1.07. The number of nitro benzene ring substituents is 1. The van der Waals surface area contributed by atoms with Gasteiger partial charge < -0.3 is 15.3 Å². The van der Waals surface area contributed by atoms with E-state index >= 15 is 0 Å². The average molecular weight is 472 g/mol. The number of aliphatic hydroxyl groups is 1. The molecule has 168 valence electrons. The average Bonchev–Trinajstić information content (AvgIpc) is 3.06. The fourth-order valence-electron chi connectivity index (χ4n) is 2.49. The number of nitrogens with zero attached hydrogens (tertiary/aromatic N) is 2. The number of hydroxylamine groups is 2. The lowest BCUT2D eigenvalue weighted by atomic mass is 10.1. The first-order valence-corrected chi connectivity index (χ1v) is 11.8. The zero-order valence-electron chi connectivity index (χ0n) is 16.4. The van der Waals surface area contributed by atoms with E-state index in [0.29, 0.717) is 22.1 Å². The van der Waals surface area contributed by atoms with Crippen LogP contribution < -0.4 is 5.32 Å². The number of rotatable bonds is 12. The molecule has 1 aromatic carbocycles. The lowest BCUT2D eigenvalue weighted by Crippen LogP contribution is -2.32. The van der Waals surface area contributed by atoms with Gasteiger partial charge in [0.1, 0.15) is 0 Å². The maximum absolute atomic E-state index is 11.9. The third-order valence-corrected chi connectivity index (χ3v) is 6.50. The van der Waals surface area contributed by atoms with E-state index in [0.717, 1.165) is 0 Å². The molecule has 1 aliphatic heterocycles. The molecule has 0 atom stereocenters. The van der Waals surface area contributed by atoms with Gasteiger partial charge in [-0.25, -0.2) is 4.79 Å². The molecule has 0 radical (unpaired) electrons. The molecule has 0 unspecified atom stereocenters. The van der Waals surface area contributed by atoms with Gasteiger partial charge in [-0.15, -0.1) is 5.06 Å². The van der Waals surface area contributed by atoms with Crippen LogP contribution >= 0.6 is 21.6 Å². The lowest BCUT2D eigenvalue weighted by Gasteiger charge is -2.12. The SMILES string of the molecule is O=C(CCSSCCC(=O)ON1C(=O)CCC1=O)NCc1ccc(CO)c([N+](=O)[O-])c1. The monoisotopic (exact) mass is 471 g/mol. The van der Waals surface area contributed by atoms with Crippen molar-refractivity contribution in [3.63, 3.8) is 0 Å². The van der Waals surface area contributed by atoms with E-state index in [1.165, 1.54) is 33.7 Å². The van der Waals surface area contributed by atoms with Crippen LogP contribution in [0.4, 0.5) is 5.69 Å². The van der Waals surface area contributed by atoms with Crippen LogP contribution in [-0.4, -0.2) is 50.3 Å². The van der Waals surface area contributed by atoms with Gasteiger partial charge in [0.15, 0.2) is 0 Å². The molecule has 31 heavy (non-hydrogen) atoms. The highest BCUT2D eigenvalue weighted by Crippen LogP contribution is 2.23. The molecule has 1 aliphatic rings. The summed E-state index contributed by atoms with van der Waals surface area (Å²) in [6, 6.07) is 4.37. The first-order chi connectivity index (χ1) is 14.8. The van der Waals surface area contributed by atoms with Gasteiger partial charge in [0.2, 0.25) is 5.91 Å². The smallest absolute Gasteiger partial charge is 0.334 e. The lowest BCUT2D eigenvalue weighted by molar-refractivity contribution is -0.385. The number of carbonyl (C=O) groups is 4. The van der Waals surface area contributed by atoms with Crippen LogP contribution in [-0.2, 0) is 37.2 Å². The number of amides is 3. The molecule has 0 spiro atoms. The zero-order chi connectivity index (χ0) is 22.8. The van der Waals surface area contributed by atoms with Crippen molar-refractivity contribution in [1.82, 2.24) is 10.4 Å². The van der Waals surface area contributed by atoms with Crippen LogP contribution in [0.2, 0.25) is 0 Å². The molecule has 2 rings (SSSR count). The summed E-state index contributed by atoms with van der Waals surface area (Å²) in [4.78, 5) is 61.4. The Hall–Kier alpha value is -2.64. The van der Waals surface area contributed by atoms with Crippen molar-refractivity contribution in [2.24, 2.45) is 0 Å². The van der Waals surface area contributed by atoms with Gasteiger partial charge >= 0.3 is 5.97 Å². The van der Waals surface area contributed by atoms with Crippen molar-refractivity contribution >= 4 is 51.0 Å². The van der Waals surface area contributed by atoms with E-state index in [1.807, 2.05) is 0 Å². The Morgan fingerprint density at radius 1 is 1.16 bits per heavy atom. The summed E-state index contributed by atoms with van der Waals surface area (Å²) in [5, 5.41) is 23.3. The number of nitro groups is 1. The van der Waals surface area contributed by atoms with Crippen LogP contribution in [0.5, 0.6) is 0 Å². The second-order valence-corrected chi connectivity index (χ2v) is 9.05. The van der Waals surface area contributed by atoms with Gasteiger partial charge in [-0.1, -0.05) is 27.7 Å². The molecule has 1 fully saturated rings. The van der Waals surface area contributed by atoms with E-state index in [9.17, 15) is 29.3 Å². The fourth-order valence-corrected chi connectivity index (χ4v) is 4.46. The Balaban J connectivity index is 1.59. The first-order valence-electron chi connectivity index (χ1n) is 9.26. The summed E-state index contributed by atoms with van der Waals surface area (Å²) in [7, 11) is 2.74. The second-order valence-electron chi connectivity index (χ2n) is 6.34. The number of benzene rings is 1. The van der Waals surface area contributed by atoms with Gasteiger partial charge in [-0.2, -0.15) is 0 Å². The largest absolute Gasteiger partial charge is 0.391 e. The Bertz CT molecular complexity index is 848. The first kappa shape index (κ1) is 24.6. The van der Waals surface area contributed by atoms with Crippen molar-refractivity contribution in [3.05, 3.63) is 39.4 Å². The number of aliphatic hydroxyl groups excluding tert-OH is 1. The fraction of sp³-hybridized carbons (Fsp3) is 0.444. The second kappa shape index (κ2) is 12.3. The van der Waals surface area contributed by atoms with Crippen LogP contribution in [0, 0.1) is 10.1 Å². The van der Waals surface area contributed by atoms with E-state index in [2.05, 4.69) is 5.32 Å². The number of hydrogen-bond donors (Lipinski definition) is 2. The topological polar surface area (TPSA) is 156 Å². The Morgan fingerprint density at radius 2 is 1.81 bits per heavy atom. The molecule has 1 aromatic rings. The molecule has 0 aliphatic carbocycles. The standard InChI is InChI=1S/C18H21N3O8S2/c22-11-13-2-1-12(9-14(13)21(27)28)10-19-15(23)5-7-30-31-8-6-18(26)29-20-16(24)3-4-17(20)25/h1-2,9,22H,3-8,10-11H2,(H,19,23). The molecule has 1 heterocycles. The van der Waals surface area contributed by atoms with Gasteiger partial charge in [0.05, 0.1) is 23.5 Å². The summed E-state index contributed by atoms with van der Waals surface area (Å²) < 4.78 is 0. The third-order valence-electron chi connectivity index (χ3n) is 4.09. The molecule has 0 bridgehead atoms. The highest BCUT2D eigenvalue weighted by molar-refractivity contribution is 8.76. The Labute approximate surface area is 185 Å². The van der Waals surface area contributed by atoms with Crippen LogP contribution in [0.1, 0.15) is 36.8 Å². The van der Waals surface area contributed by atoms with Gasteiger partial charge in [-0.05, 0) is 11.6 Å².